The molecule has 3 rings (SSSR count). The lowest BCUT2D eigenvalue weighted by molar-refractivity contribution is 0.163. The summed E-state index contributed by atoms with van der Waals surface area (Å²) in [5.41, 5.74) is 1.17. The Labute approximate surface area is 88.6 Å². The molecule has 0 radical (unpaired) electrons. The molecule has 15 heavy (non-hydrogen) atoms. The fraction of sp³-hybridized carbons (Fsp3) is 0.500. The number of aliphatic hydroxyl groups is 1. The molecule has 0 aromatic heterocycles. The minimum absolute atomic E-state index is 0.189. The largest absolute Gasteiger partial charge is 0.454 e. The Bertz CT molecular complexity index is 375. The van der Waals surface area contributed by atoms with Gasteiger partial charge in [-0.25, -0.2) is 0 Å². The molecule has 2 atom stereocenters. The highest BCUT2D eigenvalue weighted by Crippen LogP contribution is 2.39. The van der Waals surface area contributed by atoms with Crippen molar-refractivity contribution in [2.45, 2.75) is 31.3 Å². The van der Waals surface area contributed by atoms with Crippen LogP contribution < -0.4 is 9.47 Å². The van der Waals surface area contributed by atoms with Crippen molar-refractivity contribution in [3.8, 4) is 11.5 Å². The van der Waals surface area contributed by atoms with Gasteiger partial charge in [0.2, 0.25) is 6.79 Å². The molecule has 2 aliphatic rings. The second-order valence-corrected chi connectivity index (χ2v) is 4.22. The predicted molar refractivity (Wildman–Crippen MR) is 55.2 cm³/mol. The monoisotopic (exact) mass is 206 g/mol. The van der Waals surface area contributed by atoms with Crippen LogP contribution in [0.15, 0.2) is 18.2 Å². The predicted octanol–water partition coefficient (Wildman–Crippen LogP) is 2.04. The third kappa shape index (κ3) is 1.47. The molecule has 1 heterocycles. The van der Waals surface area contributed by atoms with E-state index in [1.165, 1.54) is 5.56 Å². The van der Waals surface area contributed by atoms with Crippen molar-refractivity contribution in [3.05, 3.63) is 23.8 Å². The minimum atomic E-state index is -0.189. The molecule has 80 valence electrons. The van der Waals surface area contributed by atoms with Crippen LogP contribution in [0, 0.1) is 0 Å². The van der Waals surface area contributed by atoms with E-state index in [1.54, 1.807) is 0 Å². The van der Waals surface area contributed by atoms with Crippen LogP contribution >= 0.6 is 0 Å². The maximum atomic E-state index is 9.82. The van der Waals surface area contributed by atoms with Crippen LogP contribution in [0.25, 0.3) is 0 Å². The first-order valence-electron chi connectivity index (χ1n) is 5.42. The van der Waals surface area contributed by atoms with Crippen LogP contribution in [0.2, 0.25) is 0 Å². The summed E-state index contributed by atoms with van der Waals surface area (Å²) in [6.07, 6.45) is 2.91. The zero-order valence-corrected chi connectivity index (χ0v) is 8.48. The van der Waals surface area contributed by atoms with E-state index in [9.17, 15) is 5.11 Å². The Morgan fingerprint density at radius 1 is 1.13 bits per heavy atom. The van der Waals surface area contributed by atoms with Crippen molar-refractivity contribution < 1.29 is 14.6 Å². The lowest BCUT2D eigenvalue weighted by atomic mass is 9.95. The molecule has 1 aliphatic heterocycles. The lowest BCUT2D eigenvalue weighted by Gasteiger charge is -2.14. The maximum Gasteiger partial charge on any atom is 0.231 e. The molecule has 1 saturated carbocycles. The number of fused-ring (bicyclic) bond motifs is 1. The number of hydrogen-bond acceptors (Lipinski definition) is 3. The van der Waals surface area contributed by atoms with Crippen LogP contribution in [-0.4, -0.2) is 18.0 Å². The molecular weight excluding hydrogens is 192 g/mol. The third-order valence-corrected chi connectivity index (χ3v) is 3.30. The van der Waals surface area contributed by atoms with Crippen LogP contribution in [0.3, 0.4) is 0 Å². The molecular formula is C12H14O3. The fourth-order valence-electron chi connectivity index (χ4n) is 2.47. The van der Waals surface area contributed by atoms with E-state index in [-0.39, 0.29) is 12.0 Å². The highest BCUT2D eigenvalue weighted by Gasteiger charge is 2.28. The summed E-state index contributed by atoms with van der Waals surface area (Å²) >= 11 is 0. The van der Waals surface area contributed by atoms with Gasteiger partial charge in [0.05, 0.1) is 6.10 Å². The van der Waals surface area contributed by atoms with E-state index in [1.807, 2.05) is 18.2 Å². The second kappa shape index (κ2) is 3.42. The van der Waals surface area contributed by atoms with Gasteiger partial charge < -0.3 is 14.6 Å². The summed E-state index contributed by atoms with van der Waals surface area (Å²) in [5, 5.41) is 9.82. The van der Waals surface area contributed by atoms with E-state index in [2.05, 4.69) is 0 Å². The zero-order valence-electron chi connectivity index (χ0n) is 8.48. The number of ether oxygens (including phenoxy) is 2. The van der Waals surface area contributed by atoms with Crippen LogP contribution in [0.4, 0.5) is 0 Å². The quantitative estimate of drug-likeness (QED) is 0.764. The first kappa shape index (κ1) is 9.04. The van der Waals surface area contributed by atoms with E-state index < -0.39 is 0 Å². The number of rotatable bonds is 1. The van der Waals surface area contributed by atoms with Gasteiger partial charge in [-0.3, -0.25) is 0 Å². The van der Waals surface area contributed by atoms with Gasteiger partial charge in [-0.2, -0.15) is 0 Å². The highest BCUT2D eigenvalue weighted by atomic mass is 16.7. The Morgan fingerprint density at radius 3 is 2.80 bits per heavy atom. The van der Waals surface area contributed by atoms with E-state index in [4.69, 9.17) is 9.47 Å². The van der Waals surface area contributed by atoms with Crippen molar-refractivity contribution in [2.24, 2.45) is 0 Å². The zero-order chi connectivity index (χ0) is 10.3. The summed E-state index contributed by atoms with van der Waals surface area (Å²) in [6, 6.07) is 5.97. The number of benzene rings is 1. The van der Waals surface area contributed by atoms with Crippen LogP contribution in [0.1, 0.15) is 30.7 Å². The van der Waals surface area contributed by atoms with E-state index >= 15 is 0 Å². The minimum Gasteiger partial charge on any atom is -0.454 e. The van der Waals surface area contributed by atoms with E-state index in [0.717, 1.165) is 30.8 Å². The molecule has 1 aromatic rings. The third-order valence-electron chi connectivity index (χ3n) is 3.30. The first-order valence-corrected chi connectivity index (χ1v) is 5.42. The smallest absolute Gasteiger partial charge is 0.231 e. The van der Waals surface area contributed by atoms with Crippen molar-refractivity contribution in [1.82, 2.24) is 0 Å². The molecule has 1 N–H and O–H groups in total. The van der Waals surface area contributed by atoms with Gasteiger partial charge in [-0.05, 0) is 30.5 Å². The highest BCUT2D eigenvalue weighted by molar-refractivity contribution is 5.45. The van der Waals surface area contributed by atoms with Gasteiger partial charge >= 0.3 is 0 Å². The van der Waals surface area contributed by atoms with Crippen LogP contribution in [0.5, 0.6) is 11.5 Å². The molecule has 1 aliphatic carbocycles. The molecule has 0 bridgehead atoms. The lowest BCUT2D eigenvalue weighted by Crippen LogP contribution is -2.10. The molecule has 0 saturated heterocycles. The number of hydrogen-bond donors (Lipinski definition) is 1. The summed E-state index contributed by atoms with van der Waals surface area (Å²) in [7, 11) is 0. The van der Waals surface area contributed by atoms with Gasteiger partial charge in [0.1, 0.15) is 0 Å². The summed E-state index contributed by atoms with van der Waals surface area (Å²) < 4.78 is 10.6. The Kier molecular flexibility index (Phi) is 2.06. The number of aliphatic hydroxyl groups excluding tert-OH is 1. The molecule has 0 spiro atoms. The Hall–Kier alpha value is -1.22. The van der Waals surface area contributed by atoms with Crippen molar-refractivity contribution in [2.75, 3.05) is 6.79 Å². The molecule has 0 amide bonds. The summed E-state index contributed by atoms with van der Waals surface area (Å²) in [4.78, 5) is 0. The van der Waals surface area contributed by atoms with Gasteiger partial charge in [0, 0.05) is 5.92 Å². The average Bonchev–Trinajstić information content (AvgIpc) is 2.84. The Balaban J connectivity index is 1.92. The van der Waals surface area contributed by atoms with Gasteiger partial charge in [0.15, 0.2) is 11.5 Å². The average molecular weight is 206 g/mol. The van der Waals surface area contributed by atoms with Gasteiger partial charge in [0.25, 0.3) is 0 Å². The van der Waals surface area contributed by atoms with Crippen molar-refractivity contribution in [1.29, 1.82) is 0 Å². The van der Waals surface area contributed by atoms with Gasteiger partial charge in [-0.15, -0.1) is 0 Å². The van der Waals surface area contributed by atoms with Crippen LogP contribution in [-0.2, 0) is 0 Å². The fourth-order valence-corrected chi connectivity index (χ4v) is 2.47. The van der Waals surface area contributed by atoms with E-state index in [0.29, 0.717) is 6.79 Å². The Morgan fingerprint density at radius 2 is 2.00 bits per heavy atom. The standard InChI is InChI=1S/C12H14O3/c13-10-3-1-2-9(10)8-4-5-11-12(6-8)15-7-14-11/h4-6,9-10,13H,1-3,7H2/t9-,10+/m0/s1. The topological polar surface area (TPSA) is 38.7 Å². The summed E-state index contributed by atoms with van der Waals surface area (Å²) in [5.74, 6) is 1.90. The SMILES string of the molecule is O[C@@H]1CCC[C@H]1c1ccc2c(c1)OCO2. The first-order chi connectivity index (χ1) is 7.34. The van der Waals surface area contributed by atoms with Gasteiger partial charge in [-0.1, -0.05) is 12.5 Å². The molecule has 1 fully saturated rings. The summed E-state index contributed by atoms with van der Waals surface area (Å²) in [6.45, 7) is 0.312. The normalized spacial score (nSPS) is 28.3. The molecule has 3 nitrogen and oxygen atoms in total. The second-order valence-electron chi connectivity index (χ2n) is 4.22. The maximum absolute atomic E-state index is 9.82. The molecule has 0 unspecified atom stereocenters. The molecule has 3 heteroatoms. The molecule has 1 aromatic carbocycles. The van der Waals surface area contributed by atoms with Crippen molar-refractivity contribution in [3.63, 3.8) is 0 Å². The van der Waals surface area contributed by atoms with Crippen molar-refractivity contribution >= 4 is 0 Å².